The molecule has 0 spiro atoms. The first-order chi connectivity index (χ1) is 8.00. The Labute approximate surface area is 108 Å². The van der Waals surface area contributed by atoms with E-state index in [1.807, 2.05) is 24.3 Å². The molecule has 17 heavy (non-hydrogen) atoms. The first-order valence-corrected chi connectivity index (χ1v) is 6.07. The molecule has 0 aliphatic carbocycles. The van der Waals surface area contributed by atoms with Gasteiger partial charge in [0.1, 0.15) is 0 Å². The summed E-state index contributed by atoms with van der Waals surface area (Å²) in [6.07, 6.45) is 0.512. The van der Waals surface area contributed by atoms with Crippen LogP contribution in [0.1, 0.15) is 24.9 Å². The van der Waals surface area contributed by atoms with Crippen molar-refractivity contribution >= 4 is 17.5 Å². The van der Waals surface area contributed by atoms with Gasteiger partial charge >= 0.3 is 0 Å². The van der Waals surface area contributed by atoms with Gasteiger partial charge in [0.25, 0.3) is 0 Å². The highest BCUT2D eigenvalue weighted by atomic mass is 35.5. The van der Waals surface area contributed by atoms with E-state index in [2.05, 4.69) is 12.2 Å². The van der Waals surface area contributed by atoms with E-state index in [0.717, 1.165) is 10.6 Å². The average molecular weight is 255 g/mol. The highest BCUT2D eigenvalue weighted by molar-refractivity contribution is 6.30. The number of benzene rings is 1. The van der Waals surface area contributed by atoms with Crippen molar-refractivity contribution < 1.29 is 4.79 Å². The number of carbonyl (C=O) groups is 1. The molecule has 0 aliphatic rings. The molecule has 0 radical (unpaired) electrons. The molecule has 1 amide bonds. The molecule has 0 aliphatic heterocycles. The zero-order valence-electron chi connectivity index (χ0n) is 10.5. The minimum Gasteiger partial charge on any atom is -0.349 e. The molecule has 1 N–H and O–H groups in total. The Balaban J connectivity index is 2.40. The maximum Gasteiger partial charge on any atom is 0.223 e. The summed E-state index contributed by atoms with van der Waals surface area (Å²) < 4.78 is 0. The van der Waals surface area contributed by atoms with E-state index in [0.29, 0.717) is 13.0 Å². The van der Waals surface area contributed by atoms with Gasteiger partial charge in [0, 0.05) is 38.1 Å². The van der Waals surface area contributed by atoms with Crippen molar-refractivity contribution in [3.63, 3.8) is 0 Å². The molecule has 0 heterocycles. The summed E-state index contributed by atoms with van der Waals surface area (Å²) in [5.41, 5.74) is 1.13. The molecule has 1 rings (SSSR count). The normalized spacial score (nSPS) is 12.2. The third kappa shape index (κ3) is 4.75. The van der Waals surface area contributed by atoms with E-state index in [9.17, 15) is 4.79 Å². The summed E-state index contributed by atoms with van der Waals surface area (Å²) in [5.74, 6) is 0.135. The summed E-state index contributed by atoms with van der Waals surface area (Å²) in [7, 11) is 3.53. The smallest absolute Gasteiger partial charge is 0.223 e. The van der Waals surface area contributed by atoms with Crippen LogP contribution in [0.2, 0.25) is 5.02 Å². The van der Waals surface area contributed by atoms with Crippen molar-refractivity contribution in [3.8, 4) is 0 Å². The number of nitrogens with one attached hydrogen (secondary N) is 1. The van der Waals surface area contributed by atoms with Crippen LogP contribution in [0.15, 0.2) is 24.3 Å². The fraction of sp³-hybridized carbons (Fsp3) is 0.462. The third-order valence-corrected chi connectivity index (χ3v) is 2.87. The van der Waals surface area contributed by atoms with Crippen LogP contribution in [0.5, 0.6) is 0 Å². The minimum atomic E-state index is 0.135. The average Bonchev–Trinajstić information content (AvgIpc) is 2.28. The zero-order chi connectivity index (χ0) is 12.8. The van der Waals surface area contributed by atoms with E-state index < -0.39 is 0 Å². The molecule has 0 fully saturated rings. The Kier molecular flexibility index (Phi) is 5.45. The fourth-order valence-electron chi connectivity index (χ4n) is 1.51. The quantitative estimate of drug-likeness (QED) is 0.876. The van der Waals surface area contributed by atoms with Gasteiger partial charge in [-0.3, -0.25) is 4.79 Å². The number of halogens is 1. The first-order valence-electron chi connectivity index (χ1n) is 5.69. The Morgan fingerprint density at radius 1 is 1.47 bits per heavy atom. The molecule has 4 heteroatoms. The van der Waals surface area contributed by atoms with Crippen molar-refractivity contribution in [2.45, 2.75) is 19.4 Å². The number of rotatable bonds is 5. The van der Waals surface area contributed by atoms with Crippen LogP contribution >= 0.6 is 11.6 Å². The maximum absolute atomic E-state index is 11.4. The number of amides is 1. The maximum atomic E-state index is 11.4. The zero-order valence-corrected chi connectivity index (χ0v) is 11.3. The molecule has 1 aromatic carbocycles. The summed E-state index contributed by atoms with van der Waals surface area (Å²) >= 11 is 5.93. The van der Waals surface area contributed by atoms with Gasteiger partial charge in [-0.25, -0.2) is 0 Å². The minimum absolute atomic E-state index is 0.135. The molecular weight excluding hydrogens is 236 g/mol. The van der Waals surface area contributed by atoms with Crippen LogP contribution in [-0.4, -0.2) is 31.4 Å². The highest BCUT2D eigenvalue weighted by Crippen LogP contribution is 2.17. The standard InChI is InChI=1S/C13H19ClN2O/c1-10(11-5-4-6-12(14)9-11)15-8-7-13(17)16(2)3/h4-6,9-10,15H,7-8H2,1-3H3/t10-/m1/s1. The summed E-state index contributed by atoms with van der Waals surface area (Å²) in [5, 5.41) is 4.04. The predicted octanol–water partition coefficient (Wildman–Crippen LogP) is 2.47. The largest absolute Gasteiger partial charge is 0.349 e. The van der Waals surface area contributed by atoms with Crippen LogP contribution in [0.4, 0.5) is 0 Å². The van der Waals surface area contributed by atoms with Crippen molar-refractivity contribution in [2.75, 3.05) is 20.6 Å². The topological polar surface area (TPSA) is 32.3 Å². The summed E-state index contributed by atoms with van der Waals surface area (Å²) in [6, 6.07) is 7.95. The number of carbonyl (C=O) groups excluding carboxylic acids is 1. The SMILES string of the molecule is C[C@@H](NCCC(=O)N(C)C)c1cccc(Cl)c1. The highest BCUT2D eigenvalue weighted by Gasteiger charge is 2.07. The molecule has 0 saturated carbocycles. The Morgan fingerprint density at radius 3 is 2.76 bits per heavy atom. The Morgan fingerprint density at radius 2 is 2.18 bits per heavy atom. The van der Waals surface area contributed by atoms with Gasteiger partial charge in [-0.1, -0.05) is 23.7 Å². The second kappa shape index (κ2) is 6.62. The van der Waals surface area contributed by atoms with Crippen LogP contribution in [-0.2, 0) is 4.79 Å². The van der Waals surface area contributed by atoms with E-state index in [-0.39, 0.29) is 11.9 Å². The van der Waals surface area contributed by atoms with Gasteiger partial charge in [0.15, 0.2) is 0 Å². The van der Waals surface area contributed by atoms with Crippen molar-refractivity contribution in [3.05, 3.63) is 34.9 Å². The molecular formula is C13H19ClN2O. The molecule has 0 saturated heterocycles. The van der Waals surface area contributed by atoms with Crippen LogP contribution < -0.4 is 5.32 Å². The number of hydrogen-bond acceptors (Lipinski definition) is 2. The number of nitrogens with zero attached hydrogens (tertiary/aromatic N) is 1. The molecule has 0 aromatic heterocycles. The second-order valence-corrected chi connectivity index (χ2v) is 4.71. The van der Waals surface area contributed by atoms with Gasteiger partial charge in [-0.15, -0.1) is 0 Å². The monoisotopic (exact) mass is 254 g/mol. The fourth-order valence-corrected chi connectivity index (χ4v) is 1.71. The molecule has 94 valence electrons. The lowest BCUT2D eigenvalue weighted by Crippen LogP contribution is -2.28. The summed E-state index contributed by atoms with van der Waals surface area (Å²) in [6.45, 7) is 2.73. The lowest BCUT2D eigenvalue weighted by Gasteiger charge is -2.15. The first kappa shape index (κ1) is 14.0. The lowest BCUT2D eigenvalue weighted by atomic mass is 10.1. The summed E-state index contributed by atoms with van der Waals surface area (Å²) in [4.78, 5) is 13.0. The van der Waals surface area contributed by atoms with Crippen molar-refractivity contribution in [1.82, 2.24) is 10.2 Å². The number of hydrogen-bond donors (Lipinski definition) is 1. The van der Waals surface area contributed by atoms with E-state index in [4.69, 9.17) is 11.6 Å². The van der Waals surface area contributed by atoms with Crippen molar-refractivity contribution in [2.24, 2.45) is 0 Å². The van der Waals surface area contributed by atoms with Crippen molar-refractivity contribution in [1.29, 1.82) is 0 Å². The van der Waals surface area contributed by atoms with Crippen LogP contribution in [0.25, 0.3) is 0 Å². The Bertz CT molecular complexity index is 379. The van der Waals surface area contributed by atoms with Gasteiger partial charge in [-0.05, 0) is 24.6 Å². The van der Waals surface area contributed by atoms with Gasteiger partial charge in [0.2, 0.25) is 5.91 Å². The van der Waals surface area contributed by atoms with Gasteiger partial charge in [-0.2, -0.15) is 0 Å². The molecule has 1 aromatic rings. The van der Waals surface area contributed by atoms with Gasteiger partial charge < -0.3 is 10.2 Å². The van der Waals surface area contributed by atoms with Crippen LogP contribution in [0, 0.1) is 0 Å². The third-order valence-electron chi connectivity index (χ3n) is 2.64. The second-order valence-electron chi connectivity index (χ2n) is 4.27. The molecule has 3 nitrogen and oxygen atoms in total. The molecule has 0 bridgehead atoms. The predicted molar refractivity (Wildman–Crippen MR) is 71.2 cm³/mol. The molecule has 1 atom stereocenters. The Hall–Kier alpha value is -1.06. The van der Waals surface area contributed by atoms with Crippen LogP contribution in [0.3, 0.4) is 0 Å². The van der Waals surface area contributed by atoms with Gasteiger partial charge in [0.05, 0.1) is 0 Å². The van der Waals surface area contributed by atoms with E-state index in [1.165, 1.54) is 0 Å². The molecule has 0 unspecified atom stereocenters. The van der Waals surface area contributed by atoms with E-state index >= 15 is 0 Å². The van der Waals surface area contributed by atoms with E-state index in [1.54, 1.807) is 19.0 Å². The lowest BCUT2D eigenvalue weighted by molar-refractivity contribution is -0.128.